The molecule has 0 unspecified atom stereocenters. The highest BCUT2D eigenvalue weighted by Crippen LogP contribution is 2.68. The van der Waals surface area contributed by atoms with Crippen molar-refractivity contribution in [3.8, 4) is 0 Å². The summed E-state index contributed by atoms with van der Waals surface area (Å²) in [5, 5.41) is 0. The van der Waals surface area contributed by atoms with Gasteiger partial charge in [0.05, 0.1) is 0 Å². The number of amides is 1. The van der Waals surface area contributed by atoms with Crippen LogP contribution in [-0.4, -0.2) is 23.9 Å². The summed E-state index contributed by atoms with van der Waals surface area (Å²) in [5.41, 5.74) is 4.98. The van der Waals surface area contributed by atoms with Crippen LogP contribution < -0.4 is 0 Å². The SMILES string of the molecule is CC1(C)CCC[C@]2(C)[C@H]3CCC4=C(C(=O)N(CCc5ccccc5)C4)[C@]3(C)CC[C@@H]12. The van der Waals surface area contributed by atoms with Gasteiger partial charge in [-0.15, -0.1) is 0 Å². The summed E-state index contributed by atoms with van der Waals surface area (Å²) in [7, 11) is 0. The third kappa shape index (κ3) is 2.93. The molecule has 0 N–H and O–H groups in total. The van der Waals surface area contributed by atoms with Crippen LogP contribution in [0.3, 0.4) is 0 Å². The molecule has 1 aliphatic heterocycles. The van der Waals surface area contributed by atoms with Gasteiger partial charge in [0.25, 0.3) is 5.91 Å². The van der Waals surface area contributed by atoms with E-state index >= 15 is 0 Å². The molecule has 1 amide bonds. The minimum absolute atomic E-state index is 0.0881. The first-order valence-electron chi connectivity index (χ1n) is 12.3. The van der Waals surface area contributed by atoms with Gasteiger partial charge in [0.2, 0.25) is 0 Å². The van der Waals surface area contributed by atoms with Gasteiger partial charge >= 0.3 is 0 Å². The Morgan fingerprint density at radius 1 is 0.967 bits per heavy atom. The van der Waals surface area contributed by atoms with Gasteiger partial charge < -0.3 is 4.90 Å². The van der Waals surface area contributed by atoms with Crippen LogP contribution in [0.25, 0.3) is 0 Å². The molecule has 2 heteroatoms. The van der Waals surface area contributed by atoms with E-state index in [1.165, 1.54) is 55.2 Å². The van der Waals surface area contributed by atoms with E-state index in [0.29, 0.717) is 22.7 Å². The molecule has 30 heavy (non-hydrogen) atoms. The second-order valence-corrected chi connectivity index (χ2v) is 11.9. The Bertz CT molecular complexity index is 868. The molecule has 0 saturated heterocycles. The highest BCUT2D eigenvalue weighted by atomic mass is 16.2. The van der Waals surface area contributed by atoms with E-state index in [4.69, 9.17) is 0 Å². The normalized spacial score (nSPS) is 37.6. The number of nitrogens with zero attached hydrogens (tertiary/aromatic N) is 1. The van der Waals surface area contributed by atoms with Crippen LogP contribution in [0.2, 0.25) is 0 Å². The van der Waals surface area contributed by atoms with E-state index in [0.717, 1.165) is 31.8 Å². The maximum atomic E-state index is 13.7. The lowest BCUT2D eigenvalue weighted by atomic mass is 9.40. The van der Waals surface area contributed by atoms with Gasteiger partial charge in [-0.05, 0) is 78.7 Å². The topological polar surface area (TPSA) is 20.3 Å². The molecule has 162 valence electrons. The molecule has 2 saturated carbocycles. The molecule has 0 aromatic heterocycles. The molecule has 1 aromatic rings. The molecule has 4 aliphatic rings. The van der Waals surface area contributed by atoms with Crippen LogP contribution in [0.5, 0.6) is 0 Å². The Kier molecular flexibility index (Phi) is 4.73. The number of rotatable bonds is 3. The van der Waals surface area contributed by atoms with Crippen molar-refractivity contribution in [3.05, 3.63) is 47.0 Å². The van der Waals surface area contributed by atoms with E-state index in [1.54, 1.807) is 0 Å². The van der Waals surface area contributed by atoms with Crippen LogP contribution >= 0.6 is 0 Å². The Labute approximate surface area is 183 Å². The van der Waals surface area contributed by atoms with Gasteiger partial charge in [-0.1, -0.05) is 64.4 Å². The molecular formula is C28H39NO. The summed E-state index contributed by atoms with van der Waals surface area (Å²) in [6, 6.07) is 10.6. The van der Waals surface area contributed by atoms with Gasteiger partial charge in [-0.3, -0.25) is 4.79 Å². The standard InChI is InChI=1S/C28H39NO/c1-26(2)15-8-16-27(3)22(26)13-17-28(4)23(27)12-11-21-19-29(25(30)24(21)28)18-14-20-9-6-5-7-10-20/h5-7,9-10,22-23H,8,11-19H2,1-4H3/t22-,23+,27-,28+/m0/s1. The summed E-state index contributed by atoms with van der Waals surface area (Å²) >= 11 is 0. The summed E-state index contributed by atoms with van der Waals surface area (Å²) in [6.45, 7) is 11.8. The minimum Gasteiger partial charge on any atom is -0.335 e. The van der Waals surface area contributed by atoms with E-state index in [2.05, 4.69) is 62.9 Å². The van der Waals surface area contributed by atoms with Crippen molar-refractivity contribution in [3.63, 3.8) is 0 Å². The van der Waals surface area contributed by atoms with Crippen molar-refractivity contribution in [2.24, 2.45) is 28.1 Å². The number of benzene rings is 1. The second kappa shape index (κ2) is 6.97. The molecule has 5 rings (SSSR count). The maximum Gasteiger partial charge on any atom is 0.250 e. The van der Waals surface area contributed by atoms with Crippen LogP contribution in [0.1, 0.15) is 78.2 Å². The fraction of sp³-hybridized carbons (Fsp3) is 0.679. The van der Waals surface area contributed by atoms with Gasteiger partial charge in [0, 0.05) is 24.1 Å². The Morgan fingerprint density at radius 2 is 1.73 bits per heavy atom. The Balaban J connectivity index is 1.39. The third-order valence-electron chi connectivity index (χ3n) is 9.85. The Morgan fingerprint density at radius 3 is 2.50 bits per heavy atom. The first kappa shape index (κ1) is 20.3. The quantitative estimate of drug-likeness (QED) is 0.569. The van der Waals surface area contributed by atoms with Crippen molar-refractivity contribution in [2.45, 2.75) is 79.1 Å². The van der Waals surface area contributed by atoms with Crippen LogP contribution in [0.4, 0.5) is 0 Å². The summed E-state index contributed by atoms with van der Waals surface area (Å²) in [5.74, 6) is 1.84. The zero-order valence-electron chi connectivity index (χ0n) is 19.5. The summed E-state index contributed by atoms with van der Waals surface area (Å²) in [6.07, 6.45) is 9.98. The molecule has 1 aromatic carbocycles. The van der Waals surface area contributed by atoms with Crippen LogP contribution in [0.15, 0.2) is 41.5 Å². The zero-order valence-corrected chi connectivity index (χ0v) is 19.5. The number of hydrogen-bond acceptors (Lipinski definition) is 1. The number of fused-ring (bicyclic) bond motifs is 4. The predicted molar refractivity (Wildman–Crippen MR) is 123 cm³/mol. The van der Waals surface area contributed by atoms with Crippen molar-refractivity contribution in [1.82, 2.24) is 4.90 Å². The second-order valence-electron chi connectivity index (χ2n) is 11.9. The van der Waals surface area contributed by atoms with Gasteiger partial charge in [0.1, 0.15) is 0 Å². The van der Waals surface area contributed by atoms with E-state index in [1.807, 2.05) is 0 Å². The monoisotopic (exact) mass is 405 g/mol. The molecule has 2 fully saturated rings. The van der Waals surface area contributed by atoms with Crippen molar-refractivity contribution >= 4 is 5.91 Å². The fourth-order valence-electron chi connectivity index (χ4n) is 8.55. The molecule has 3 aliphatic carbocycles. The third-order valence-corrected chi connectivity index (χ3v) is 9.85. The molecule has 0 bridgehead atoms. The molecule has 0 spiro atoms. The van der Waals surface area contributed by atoms with Gasteiger partial charge in [-0.2, -0.15) is 0 Å². The highest BCUT2D eigenvalue weighted by molar-refractivity contribution is 5.98. The molecule has 4 atom stereocenters. The average molecular weight is 406 g/mol. The lowest BCUT2D eigenvalue weighted by Gasteiger charge is -2.64. The van der Waals surface area contributed by atoms with E-state index < -0.39 is 0 Å². The number of hydrogen-bond donors (Lipinski definition) is 0. The number of carbonyl (C=O) groups excluding carboxylic acids is 1. The molecule has 2 nitrogen and oxygen atoms in total. The minimum atomic E-state index is 0.0881. The summed E-state index contributed by atoms with van der Waals surface area (Å²) in [4.78, 5) is 15.8. The first-order chi connectivity index (χ1) is 14.3. The average Bonchev–Trinajstić information content (AvgIpc) is 3.03. The Hall–Kier alpha value is -1.57. The fourth-order valence-corrected chi connectivity index (χ4v) is 8.55. The maximum absolute atomic E-state index is 13.7. The number of carbonyl (C=O) groups is 1. The summed E-state index contributed by atoms with van der Waals surface area (Å²) < 4.78 is 0. The predicted octanol–water partition coefficient (Wildman–Crippen LogP) is 6.41. The van der Waals surface area contributed by atoms with E-state index in [9.17, 15) is 4.79 Å². The smallest absolute Gasteiger partial charge is 0.250 e. The van der Waals surface area contributed by atoms with E-state index in [-0.39, 0.29) is 5.41 Å². The molecule has 0 radical (unpaired) electrons. The lowest BCUT2D eigenvalue weighted by molar-refractivity contribution is -0.136. The van der Waals surface area contributed by atoms with Crippen LogP contribution in [0, 0.1) is 28.1 Å². The lowest BCUT2D eigenvalue weighted by Crippen LogP contribution is -2.56. The van der Waals surface area contributed by atoms with Crippen molar-refractivity contribution in [2.75, 3.05) is 13.1 Å². The van der Waals surface area contributed by atoms with Crippen LogP contribution in [-0.2, 0) is 11.2 Å². The zero-order chi connectivity index (χ0) is 21.1. The first-order valence-corrected chi connectivity index (χ1v) is 12.3. The van der Waals surface area contributed by atoms with Crippen molar-refractivity contribution in [1.29, 1.82) is 0 Å². The van der Waals surface area contributed by atoms with Gasteiger partial charge in [0.15, 0.2) is 0 Å². The van der Waals surface area contributed by atoms with Gasteiger partial charge in [-0.25, -0.2) is 0 Å². The molecule has 1 heterocycles. The molecular weight excluding hydrogens is 366 g/mol. The largest absolute Gasteiger partial charge is 0.335 e. The van der Waals surface area contributed by atoms with Crippen molar-refractivity contribution < 1.29 is 4.79 Å². The highest BCUT2D eigenvalue weighted by Gasteiger charge is 2.61.